The third-order valence-electron chi connectivity index (χ3n) is 2.14. The first-order valence-electron chi connectivity index (χ1n) is 4.97. The molecule has 0 saturated carbocycles. The van der Waals surface area contributed by atoms with Crippen molar-refractivity contribution < 1.29 is 4.79 Å². The summed E-state index contributed by atoms with van der Waals surface area (Å²) in [5.74, 6) is -0.0463. The number of carbonyl (C=O) groups excluding carboxylic acids is 1. The summed E-state index contributed by atoms with van der Waals surface area (Å²) in [6.07, 6.45) is 1.73. The SMILES string of the molecule is CCC(Cl)CCNC(=O)c1scnc1C. The van der Waals surface area contributed by atoms with E-state index in [2.05, 4.69) is 10.3 Å². The molecule has 1 atom stereocenters. The minimum absolute atomic E-state index is 0.0463. The molecule has 3 nitrogen and oxygen atoms in total. The Morgan fingerprint density at radius 3 is 3.00 bits per heavy atom. The van der Waals surface area contributed by atoms with E-state index in [1.54, 1.807) is 5.51 Å². The second kappa shape index (κ2) is 6.08. The number of amides is 1. The summed E-state index contributed by atoms with van der Waals surface area (Å²) in [5.41, 5.74) is 2.47. The zero-order valence-corrected chi connectivity index (χ0v) is 10.5. The summed E-state index contributed by atoms with van der Waals surface area (Å²) >= 11 is 7.31. The first kappa shape index (κ1) is 12.5. The number of halogens is 1. The van der Waals surface area contributed by atoms with Crippen molar-refractivity contribution in [1.82, 2.24) is 10.3 Å². The third kappa shape index (κ3) is 3.80. The van der Waals surface area contributed by atoms with E-state index in [1.807, 2.05) is 13.8 Å². The van der Waals surface area contributed by atoms with E-state index in [0.29, 0.717) is 11.4 Å². The normalized spacial score (nSPS) is 12.5. The highest BCUT2D eigenvalue weighted by molar-refractivity contribution is 7.11. The Bertz CT molecular complexity index is 327. The lowest BCUT2D eigenvalue weighted by Gasteiger charge is -2.07. The molecule has 1 unspecified atom stereocenters. The lowest BCUT2D eigenvalue weighted by atomic mass is 10.2. The van der Waals surface area contributed by atoms with Gasteiger partial charge in [-0.05, 0) is 19.8 Å². The number of hydrogen-bond donors (Lipinski definition) is 1. The van der Waals surface area contributed by atoms with Crippen LogP contribution < -0.4 is 5.32 Å². The van der Waals surface area contributed by atoms with Gasteiger partial charge in [0.15, 0.2) is 0 Å². The van der Waals surface area contributed by atoms with Crippen LogP contribution in [0, 0.1) is 6.92 Å². The summed E-state index contributed by atoms with van der Waals surface area (Å²) in [5, 5.41) is 2.98. The predicted molar refractivity (Wildman–Crippen MR) is 63.7 cm³/mol. The molecule has 0 aliphatic carbocycles. The lowest BCUT2D eigenvalue weighted by Crippen LogP contribution is -2.25. The van der Waals surface area contributed by atoms with Crippen LogP contribution in [0.5, 0.6) is 0 Å². The molecule has 0 radical (unpaired) electrons. The zero-order valence-electron chi connectivity index (χ0n) is 8.92. The van der Waals surface area contributed by atoms with Crippen molar-refractivity contribution in [2.45, 2.75) is 32.1 Å². The molecular formula is C10H15ClN2OS. The molecule has 0 bridgehead atoms. The Hall–Kier alpha value is -0.610. The summed E-state index contributed by atoms with van der Waals surface area (Å²) in [6.45, 7) is 4.49. The maximum atomic E-state index is 11.6. The second-order valence-corrected chi connectivity index (χ2v) is 4.79. The molecule has 84 valence electrons. The smallest absolute Gasteiger partial charge is 0.263 e. The quantitative estimate of drug-likeness (QED) is 0.812. The maximum Gasteiger partial charge on any atom is 0.263 e. The average Bonchev–Trinajstić information content (AvgIpc) is 2.64. The van der Waals surface area contributed by atoms with Crippen molar-refractivity contribution in [3.05, 3.63) is 16.1 Å². The molecule has 0 aromatic carbocycles. The fraction of sp³-hybridized carbons (Fsp3) is 0.600. The Labute approximate surface area is 98.9 Å². The van der Waals surface area contributed by atoms with E-state index in [9.17, 15) is 4.79 Å². The second-order valence-electron chi connectivity index (χ2n) is 3.32. The van der Waals surface area contributed by atoms with Gasteiger partial charge in [0.1, 0.15) is 4.88 Å². The molecule has 1 heterocycles. The van der Waals surface area contributed by atoms with Gasteiger partial charge in [-0.3, -0.25) is 4.79 Å². The van der Waals surface area contributed by atoms with E-state index < -0.39 is 0 Å². The van der Waals surface area contributed by atoms with Gasteiger partial charge in [-0.1, -0.05) is 6.92 Å². The number of carbonyl (C=O) groups is 1. The number of nitrogens with zero attached hydrogens (tertiary/aromatic N) is 1. The molecule has 1 rings (SSSR count). The van der Waals surface area contributed by atoms with Gasteiger partial charge in [0.25, 0.3) is 5.91 Å². The molecule has 1 N–H and O–H groups in total. The number of alkyl halides is 1. The summed E-state index contributed by atoms with van der Waals surface area (Å²) in [4.78, 5) is 16.3. The van der Waals surface area contributed by atoms with E-state index in [-0.39, 0.29) is 11.3 Å². The van der Waals surface area contributed by atoms with E-state index in [4.69, 9.17) is 11.6 Å². The molecule has 1 aromatic rings. The van der Waals surface area contributed by atoms with Crippen LogP contribution in [0.2, 0.25) is 0 Å². The molecule has 5 heteroatoms. The van der Waals surface area contributed by atoms with Gasteiger partial charge in [-0.2, -0.15) is 0 Å². The molecule has 0 aliphatic rings. The number of aromatic nitrogens is 1. The summed E-state index contributed by atoms with van der Waals surface area (Å²) < 4.78 is 0. The Morgan fingerprint density at radius 2 is 2.47 bits per heavy atom. The van der Waals surface area contributed by atoms with E-state index in [1.165, 1.54) is 11.3 Å². The molecular weight excluding hydrogens is 232 g/mol. The van der Waals surface area contributed by atoms with Crippen LogP contribution in [0.25, 0.3) is 0 Å². The van der Waals surface area contributed by atoms with Gasteiger partial charge >= 0.3 is 0 Å². The van der Waals surface area contributed by atoms with Crippen LogP contribution in [0.15, 0.2) is 5.51 Å². The first-order chi connectivity index (χ1) is 7.15. The van der Waals surface area contributed by atoms with Crippen LogP contribution in [0.3, 0.4) is 0 Å². The van der Waals surface area contributed by atoms with Crippen molar-refractivity contribution >= 4 is 28.8 Å². The molecule has 1 aromatic heterocycles. The van der Waals surface area contributed by atoms with Crippen LogP contribution in [0.1, 0.15) is 35.1 Å². The molecule has 0 aliphatic heterocycles. The highest BCUT2D eigenvalue weighted by Gasteiger charge is 2.11. The van der Waals surface area contributed by atoms with Crippen molar-refractivity contribution in [3.8, 4) is 0 Å². The number of rotatable bonds is 5. The fourth-order valence-corrected chi connectivity index (χ4v) is 1.97. The van der Waals surface area contributed by atoms with Gasteiger partial charge in [-0.25, -0.2) is 4.98 Å². The van der Waals surface area contributed by atoms with Crippen LogP contribution >= 0.6 is 22.9 Å². The lowest BCUT2D eigenvalue weighted by molar-refractivity contribution is 0.0956. The molecule has 1 amide bonds. The number of thiazole rings is 1. The van der Waals surface area contributed by atoms with Crippen LogP contribution in [0.4, 0.5) is 0 Å². The van der Waals surface area contributed by atoms with Crippen LogP contribution in [-0.2, 0) is 0 Å². The zero-order chi connectivity index (χ0) is 11.3. The topological polar surface area (TPSA) is 42.0 Å². The van der Waals surface area contributed by atoms with Crippen molar-refractivity contribution in [2.24, 2.45) is 0 Å². The van der Waals surface area contributed by atoms with Crippen molar-refractivity contribution in [1.29, 1.82) is 0 Å². The fourth-order valence-electron chi connectivity index (χ4n) is 1.15. The summed E-state index contributed by atoms with van der Waals surface area (Å²) in [6, 6.07) is 0. The number of nitrogens with one attached hydrogen (secondary N) is 1. The van der Waals surface area contributed by atoms with Gasteiger partial charge in [0.2, 0.25) is 0 Å². The van der Waals surface area contributed by atoms with Gasteiger partial charge < -0.3 is 5.32 Å². The van der Waals surface area contributed by atoms with Crippen molar-refractivity contribution in [3.63, 3.8) is 0 Å². The van der Waals surface area contributed by atoms with E-state index in [0.717, 1.165) is 18.5 Å². The highest BCUT2D eigenvalue weighted by Crippen LogP contribution is 2.11. The van der Waals surface area contributed by atoms with E-state index >= 15 is 0 Å². The Morgan fingerprint density at radius 1 is 1.73 bits per heavy atom. The molecule has 0 fully saturated rings. The number of aryl methyl sites for hydroxylation is 1. The highest BCUT2D eigenvalue weighted by atomic mass is 35.5. The predicted octanol–water partition coefficient (Wildman–Crippen LogP) is 2.59. The van der Waals surface area contributed by atoms with Crippen LogP contribution in [-0.4, -0.2) is 22.8 Å². The molecule has 0 spiro atoms. The van der Waals surface area contributed by atoms with Gasteiger partial charge in [0, 0.05) is 11.9 Å². The Balaban J connectivity index is 2.34. The molecule has 0 saturated heterocycles. The van der Waals surface area contributed by atoms with Gasteiger partial charge in [-0.15, -0.1) is 22.9 Å². The minimum atomic E-state index is -0.0463. The molecule has 15 heavy (non-hydrogen) atoms. The van der Waals surface area contributed by atoms with Gasteiger partial charge in [0.05, 0.1) is 11.2 Å². The summed E-state index contributed by atoms with van der Waals surface area (Å²) in [7, 11) is 0. The Kier molecular flexibility index (Phi) is 5.05. The average molecular weight is 247 g/mol. The van der Waals surface area contributed by atoms with Crippen molar-refractivity contribution in [2.75, 3.05) is 6.54 Å². The largest absolute Gasteiger partial charge is 0.351 e. The third-order valence-corrected chi connectivity index (χ3v) is 3.59. The maximum absolute atomic E-state index is 11.6. The first-order valence-corrected chi connectivity index (χ1v) is 6.29. The minimum Gasteiger partial charge on any atom is -0.351 e. The number of hydrogen-bond acceptors (Lipinski definition) is 3. The standard InChI is InChI=1S/C10H15ClN2OS/c1-3-8(11)4-5-12-10(14)9-7(2)13-6-15-9/h6,8H,3-5H2,1-2H3,(H,12,14). The monoisotopic (exact) mass is 246 g/mol.